The summed E-state index contributed by atoms with van der Waals surface area (Å²) in [5.41, 5.74) is 12.9. The van der Waals surface area contributed by atoms with Gasteiger partial charge in [-0.1, -0.05) is 94.3 Å². The van der Waals surface area contributed by atoms with Gasteiger partial charge in [0.05, 0.1) is 11.3 Å². The standard InChI is InChI=1S/C35H37N2O.C11H8N.Ir/c1-21(2)25-13-9-14-26(22(3)4)33(25)31-18-17-28-27-15-10-16-29(34(27)38-35(28)37-31)32-19-30(23(5)20-36-32)24-11-7-6-8-12-24;1-2-6-10(7-3-1)11-8-4-5-9-12-11;/h9-10,13-15,17-22,24H,6-8,11-12H2,1-5H3;1-6,8-9H;/q2*-1;. The van der Waals surface area contributed by atoms with E-state index in [1.54, 1.807) is 6.20 Å². The largest absolute Gasteiger partial charge is 0.486 e. The summed E-state index contributed by atoms with van der Waals surface area (Å²) in [6.45, 7) is 11.2. The summed E-state index contributed by atoms with van der Waals surface area (Å²) in [7, 11) is 0. The van der Waals surface area contributed by atoms with Crippen LogP contribution in [0.3, 0.4) is 0 Å². The Kier molecular flexibility index (Phi) is 11.6. The molecule has 0 saturated heterocycles. The number of rotatable bonds is 6. The zero-order valence-corrected chi connectivity index (χ0v) is 32.6. The summed E-state index contributed by atoms with van der Waals surface area (Å²) in [4.78, 5) is 14.2. The summed E-state index contributed by atoms with van der Waals surface area (Å²) < 4.78 is 6.53. The van der Waals surface area contributed by atoms with Crippen molar-refractivity contribution in [3.63, 3.8) is 0 Å². The quantitative estimate of drug-likeness (QED) is 0.156. The zero-order chi connectivity index (χ0) is 34.6. The molecule has 5 heteroatoms. The van der Waals surface area contributed by atoms with Crippen LogP contribution in [0.5, 0.6) is 0 Å². The number of benzene rings is 3. The van der Waals surface area contributed by atoms with Gasteiger partial charge in [-0.2, -0.15) is 0 Å². The Hall–Kier alpha value is -4.44. The van der Waals surface area contributed by atoms with Crippen LogP contribution in [-0.4, -0.2) is 15.0 Å². The molecule has 1 fully saturated rings. The number of furan rings is 1. The first-order valence-corrected chi connectivity index (χ1v) is 18.1. The summed E-state index contributed by atoms with van der Waals surface area (Å²) >= 11 is 0. The van der Waals surface area contributed by atoms with Crippen LogP contribution in [0, 0.1) is 19.1 Å². The molecule has 0 unspecified atom stereocenters. The Bertz CT molecular complexity index is 2150. The number of hydrogen-bond acceptors (Lipinski definition) is 4. The Morgan fingerprint density at radius 3 is 2.16 bits per heavy atom. The molecular formula is C46H45IrN3O-2. The molecule has 1 saturated carbocycles. The van der Waals surface area contributed by atoms with Crippen LogP contribution in [0.25, 0.3) is 55.8 Å². The number of pyridine rings is 3. The van der Waals surface area contributed by atoms with Crippen LogP contribution in [-0.2, 0) is 20.1 Å². The predicted molar refractivity (Wildman–Crippen MR) is 206 cm³/mol. The summed E-state index contributed by atoms with van der Waals surface area (Å²) in [6.07, 6.45) is 10.4. The molecule has 0 aliphatic heterocycles. The monoisotopic (exact) mass is 848 g/mol. The van der Waals surface area contributed by atoms with Crippen molar-refractivity contribution in [2.45, 2.75) is 84.5 Å². The van der Waals surface area contributed by atoms with Crippen LogP contribution in [0.15, 0.2) is 108 Å². The third kappa shape index (κ3) is 7.76. The maximum absolute atomic E-state index is 6.53. The number of aryl methyl sites for hydroxylation is 1. The summed E-state index contributed by atoms with van der Waals surface area (Å²) in [5.74, 6) is 1.44. The second-order valence-electron chi connectivity index (χ2n) is 14.1. The molecule has 51 heavy (non-hydrogen) atoms. The molecule has 261 valence electrons. The second kappa shape index (κ2) is 16.3. The average molecular weight is 848 g/mol. The van der Waals surface area contributed by atoms with Crippen LogP contribution in [0.4, 0.5) is 0 Å². The van der Waals surface area contributed by atoms with Gasteiger partial charge < -0.3 is 14.4 Å². The van der Waals surface area contributed by atoms with Gasteiger partial charge in [0.25, 0.3) is 0 Å². The first-order valence-electron chi connectivity index (χ1n) is 18.1. The maximum atomic E-state index is 6.53. The topological polar surface area (TPSA) is 51.8 Å². The fraction of sp³-hybridized carbons (Fsp3) is 0.283. The third-order valence-corrected chi connectivity index (χ3v) is 10.0. The van der Waals surface area contributed by atoms with Gasteiger partial charge in [-0.25, -0.2) is 4.98 Å². The molecule has 0 N–H and O–H groups in total. The van der Waals surface area contributed by atoms with E-state index >= 15 is 0 Å². The first-order chi connectivity index (χ1) is 24.4. The van der Waals surface area contributed by atoms with Crippen LogP contribution < -0.4 is 0 Å². The Morgan fingerprint density at radius 1 is 0.706 bits per heavy atom. The van der Waals surface area contributed by atoms with E-state index in [1.807, 2.05) is 54.7 Å². The molecule has 0 amide bonds. The SMILES string of the molecule is Cc1cnc(-c2[c-]ccc3c2oc2nc(-c4c(C(C)C)cccc4C(C)C)ccc23)cc1C1CCCCC1.[Ir].[c-]1ccccc1-c1ccccn1. The van der Waals surface area contributed by atoms with E-state index in [0.717, 1.165) is 44.6 Å². The van der Waals surface area contributed by atoms with E-state index in [4.69, 9.17) is 14.4 Å². The van der Waals surface area contributed by atoms with Crippen LogP contribution in [0.1, 0.15) is 99.8 Å². The van der Waals surface area contributed by atoms with E-state index in [2.05, 4.69) is 94.2 Å². The van der Waals surface area contributed by atoms with Gasteiger partial charge in [-0.05, 0) is 89.4 Å². The fourth-order valence-corrected chi connectivity index (χ4v) is 7.40. The third-order valence-electron chi connectivity index (χ3n) is 10.0. The Morgan fingerprint density at radius 2 is 1.47 bits per heavy atom. The Labute approximate surface area is 316 Å². The molecule has 0 atom stereocenters. The molecule has 7 aromatic rings. The molecule has 1 radical (unpaired) electrons. The minimum absolute atomic E-state index is 0. The molecule has 3 aromatic carbocycles. The zero-order valence-electron chi connectivity index (χ0n) is 30.2. The number of aromatic nitrogens is 3. The molecule has 0 spiro atoms. The predicted octanol–water partition coefficient (Wildman–Crippen LogP) is 12.7. The molecule has 4 nitrogen and oxygen atoms in total. The summed E-state index contributed by atoms with van der Waals surface area (Å²) in [6, 6.07) is 37.6. The molecule has 1 aliphatic rings. The molecular weight excluding hydrogens is 803 g/mol. The van der Waals surface area contributed by atoms with E-state index in [-0.39, 0.29) is 20.1 Å². The van der Waals surface area contributed by atoms with Crippen LogP contribution >= 0.6 is 0 Å². The molecule has 1 aliphatic carbocycles. The fourth-order valence-electron chi connectivity index (χ4n) is 7.40. The molecule has 8 rings (SSSR count). The van der Waals surface area contributed by atoms with Gasteiger partial charge in [0.2, 0.25) is 5.71 Å². The molecule has 0 bridgehead atoms. The van der Waals surface area contributed by atoms with E-state index in [1.165, 1.54) is 59.9 Å². The van der Waals surface area contributed by atoms with Crippen molar-refractivity contribution in [2.24, 2.45) is 0 Å². The number of hydrogen-bond donors (Lipinski definition) is 0. The smallest absolute Gasteiger partial charge is 0.216 e. The van der Waals surface area contributed by atoms with Gasteiger partial charge in [-0.3, -0.25) is 0 Å². The van der Waals surface area contributed by atoms with Crippen molar-refractivity contribution in [1.82, 2.24) is 15.0 Å². The van der Waals surface area contributed by atoms with Crippen molar-refractivity contribution in [2.75, 3.05) is 0 Å². The maximum Gasteiger partial charge on any atom is 0.216 e. The normalized spacial score (nSPS) is 13.3. The molecule has 4 heterocycles. The van der Waals surface area contributed by atoms with Crippen molar-refractivity contribution < 1.29 is 24.5 Å². The Balaban J connectivity index is 0.000000291. The van der Waals surface area contributed by atoms with Gasteiger partial charge in [0.15, 0.2) is 0 Å². The van der Waals surface area contributed by atoms with Gasteiger partial charge in [0, 0.05) is 43.4 Å². The minimum atomic E-state index is 0. The van der Waals surface area contributed by atoms with Crippen molar-refractivity contribution >= 4 is 22.1 Å². The van der Waals surface area contributed by atoms with Gasteiger partial charge in [-0.15, -0.1) is 54.1 Å². The van der Waals surface area contributed by atoms with Crippen LogP contribution in [0.2, 0.25) is 0 Å². The van der Waals surface area contributed by atoms with E-state index in [9.17, 15) is 0 Å². The minimum Gasteiger partial charge on any atom is -0.486 e. The van der Waals surface area contributed by atoms with E-state index in [0.29, 0.717) is 23.5 Å². The van der Waals surface area contributed by atoms with E-state index < -0.39 is 0 Å². The number of nitrogens with zero attached hydrogens (tertiary/aromatic N) is 3. The van der Waals surface area contributed by atoms with Crippen molar-refractivity contribution in [3.8, 4) is 33.8 Å². The average Bonchev–Trinajstić information content (AvgIpc) is 3.54. The second-order valence-corrected chi connectivity index (χ2v) is 14.1. The van der Waals surface area contributed by atoms with Gasteiger partial charge >= 0.3 is 0 Å². The first kappa shape index (κ1) is 36.4. The summed E-state index contributed by atoms with van der Waals surface area (Å²) in [5, 5.41) is 2.10. The molecule has 4 aromatic heterocycles. The van der Waals surface area contributed by atoms with Crippen molar-refractivity contribution in [3.05, 3.63) is 138 Å². The van der Waals surface area contributed by atoms with Gasteiger partial charge in [0.1, 0.15) is 0 Å². The number of fused-ring (bicyclic) bond motifs is 3. The van der Waals surface area contributed by atoms with Crippen molar-refractivity contribution in [1.29, 1.82) is 0 Å².